The maximum absolute atomic E-state index is 13.8. The molecule has 0 spiro atoms. The number of carbonyl (C=O) groups excluding carboxylic acids is 1. The summed E-state index contributed by atoms with van der Waals surface area (Å²) in [5, 5.41) is 2.20. The molecule has 1 fully saturated rings. The van der Waals surface area contributed by atoms with Crippen LogP contribution in [0.5, 0.6) is 5.75 Å². The van der Waals surface area contributed by atoms with Crippen molar-refractivity contribution in [3.63, 3.8) is 0 Å². The highest BCUT2D eigenvalue weighted by Crippen LogP contribution is 2.41. The second kappa shape index (κ2) is 15.9. The summed E-state index contributed by atoms with van der Waals surface area (Å²) < 4.78 is 19.3. The monoisotopic (exact) mass is 661 g/mol. The van der Waals surface area contributed by atoms with Crippen LogP contribution < -0.4 is 20.0 Å². The van der Waals surface area contributed by atoms with Gasteiger partial charge >= 0.3 is 0 Å². The molecular weight excluding hydrogens is 611 g/mol. The molecule has 1 unspecified atom stereocenters. The van der Waals surface area contributed by atoms with Crippen molar-refractivity contribution in [1.82, 2.24) is 0 Å². The van der Waals surface area contributed by atoms with Gasteiger partial charge < -0.3 is 18.8 Å². The zero-order valence-corrected chi connectivity index (χ0v) is 30.2. The van der Waals surface area contributed by atoms with E-state index in [1.165, 1.54) is 10.4 Å². The molecule has 1 aliphatic heterocycles. The van der Waals surface area contributed by atoms with Gasteiger partial charge in [0.05, 0.1) is 38.4 Å². The summed E-state index contributed by atoms with van der Waals surface area (Å²) >= 11 is 0. The van der Waals surface area contributed by atoms with Gasteiger partial charge in [-0.2, -0.15) is 0 Å². The van der Waals surface area contributed by atoms with Gasteiger partial charge in [0.1, 0.15) is 5.75 Å². The van der Waals surface area contributed by atoms with Crippen LogP contribution in [0, 0.1) is 0 Å². The minimum Gasteiger partial charge on any atom is -0.497 e. The number of unbranched alkanes of at least 4 members (excludes halogenated alkanes) is 2. The lowest BCUT2D eigenvalue weighted by molar-refractivity contribution is -0.117. The first kappa shape index (κ1) is 35.3. The molecule has 5 rings (SSSR count). The maximum atomic E-state index is 13.8. The number of hydrogen-bond acceptors (Lipinski definition) is 4. The molecule has 1 saturated heterocycles. The van der Waals surface area contributed by atoms with Gasteiger partial charge in [-0.15, -0.1) is 6.58 Å². The second-order valence-corrected chi connectivity index (χ2v) is 18.0. The zero-order valence-electron chi connectivity index (χ0n) is 29.2. The first-order valence-electron chi connectivity index (χ1n) is 17.3. The quantitative estimate of drug-likeness (QED) is 0.0726. The van der Waals surface area contributed by atoms with Gasteiger partial charge in [-0.05, 0) is 57.2 Å². The summed E-state index contributed by atoms with van der Waals surface area (Å²) in [6.45, 7) is 13.7. The molecule has 0 aliphatic carbocycles. The van der Waals surface area contributed by atoms with Gasteiger partial charge in [0.15, 0.2) is 0 Å². The van der Waals surface area contributed by atoms with Crippen LogP contribution in [0.4, 0.5) is 5.69 Å². The molecule has 0 bridgehead atoms. The van der Waals surface area contributed by atoms with Crippen LogP contribution >= 0.6 is 0 Å². The van der Waals surface area contributed by atoms with Crippen molar-refractivity contribution in [3.05, 3.63) is 133 Å². The maximum Gasteiger partial charge on any atom is 0.261 e. The highest BCUT2D eigenvalue weighted by Gasteiger charge is 2.54. The molecule has 0 N–H and O–H groups in total. The molecule has 252 valence electrons. The smallest absolute Gasteiger partial charge is 0.261 e. The number of methoxy groups -OCH3 is 1. The number of amides is 1. The fourth-order valence-electron chi connectivity index (χ4n) is 7.02. The summed E-state index contributed by atoms with van der Waals surface area (Å²) in [5.41, 5.74) is 3.08. The number of nitrogens with zero attached hydrogens (tertiary/aromatic N) is 1. The van der Waals surface area contributed by atoms with E-state index in [4.69, 9.17) is 13.9 Å². The first-order chi connectivity index (χ1) is 23.2. The molecule has 1 aliphatic rings. The van der Waals surface area contributed by atoms with E-state index in [2.05, 4.69) is 107 Å². The third-order valence-corrected chi connectivity index (χ3v) is 14.6. The van der Waals surface area contributed by atoms with Crippen molar-refractivity contribution in [1.29, 1.82) is 0 Å². The SMILES string of the molecule is C=C[C@H]1[C@H](O[Si](c2ccccc2)(c2ccccc2)C(C)(C)C)CC(=O)N1c1ccc(C(CCCCC)OCc2ccc(OC)cc2)cc1. The summed E-state index contributed by atoms with van der Waals surface area (Å²) in [7, 11) is -1.19. The lowest BCUT2D eigenvalue weighted by Gasteiger charge is -2.45. The van der Waals surface area contributed by atoms with Crippen molar-refractivity contribution >= 4 is 30.3 Å². The molecule has 4 aromatic carbocycles. The van der Waals surface area contributed by atoms with Crippen molar-refractivity contribution < 1.29 is 18.7 Å². The number of rotatable bonds is 15. The highest BCUT2D eigenvalue weighted by atomic mass is 28.4. The van der Waals surface area contributed by atoms with E-state index in [-0.39, 0.29) is 29.2 Å². The van der Waals surface area contributed by atoms with Gasteiger partial charge in [-0.25, -0.2) is 0 Å². The third-order valence-electron chi connectivity index (χ3n) is 9.53. The van der Waals surface area contributed by atoms with Gasteiger partial charge in [0, 0.05) is 5.69 Å². The molecule has 4 aromatic rings. The summed E-state index contributed by atoms with van der Waals surface area (Å²) in [4.78, 5) is 15.7. The summed E-state index contributed by atoms with van der Waals surface area (Å²) in [5.74, 6) is 0.883. The van der Waals surface area contributed by atoms with Crippen LogP contribution in [0.2, 0.25) is 5.04 Å². The lowest BCUT2D eigenvalue weighted by Crippen LogP contribution is -2.68. The molecule has 3 atom stereocenters. The zero-order chi connectivity index (χ0) is 34.1. The molecular formula is C42H51NO4Si. The van der Waals surface area contributed by atoms with Gasteiger partial charge in [-0.1, -0.05) is 138 Å². The van der Waals surface area contributed by atoms with Crippen LogP contribution in [0.1, 0.15) is 77.0 Å². The van der Waals surface area contributed by atoms with E-state index in [0.717, 1.165) is 48.2 Å². The number of benzene rings is 4. The average Bonchev–Trinajstić information content (AvgIpc) is 3.43. The standard InChI is InChI=1S/C42H51NO4Si/c1-7-9-12-21-39(46-31-32-22-28-35(45-6)29-23-32)33-24-26-34(27-25-33)43-38(8-2)40(30-41(43)44)47-48(42(3,4)5,36-17-13-10-14-18-36)37-19-15-11-16-20-37/h8,10-11,13-20,22-29,38-40H,2,7,9,12,21,30-31H2,1,3-6H3/t38-,39?,40+/m0/s1. The van der Waals surface area contributed by atoms with E-state index in [1.54, 1.807) is 7.11 Å². The molecule has 5 nitrogen and oxygen atoms in total. The predicted octanol–water partition coefficient (Wildman–Crippen LogP) is 8.77. The van der Waals surface area contributed by atoms with Crippen LogP contribution in [-0.2, 0) is 20.6 Å². The number of carbonyl (C=O) groups is 1. The Morgan fingerprint density at radius 3 is 2.00 bits per heavy atom. The van der Waals surface area contributed by atoms with E-state index in [1.807, 2.05) is 47.4 Å². The highest BCUT2D eigenvalue weighted by molar-refractivity contribution is 6.99. The second-order valence-electron chi connectivity index (χ2n) is 13.7. The Morgan fingerprint density at radius 1 is 0.875 bits per heavy atom. The fraction of sp³-hybridized carbons (Fsp3) is 0.357. The Labute approximate surface area is 288 Å². The minimum atomic E-state index is -2.87. The van der Waals surface area contributed by atoms with Crippen LogP contribution in [0.3, 0.4) is 0 Å². The van der Waals surface area contributed by atoms with Crippen molar-refractivity contribution in [2.24, 2.45) is 0 Å². The van der Waals surface area contributed by atoms with Crippen molar-refractivity contribution in [2.75, 3.05) is 12.0 Å². The molecule has 0 radical (unpaired) electrons. The van der Waals surface area contributed by atoms with Gasteiger partial charge in [-0.3, -0.25) is 4.79 Å². The largest absolute Gasteiger partial charge is 0.497 e. The Bertz CT molecular complexity index is 1560. The Kier molecular flexibility index (Phi) is 11.7. The number of anilines is 1. The van der Waals surface area contributed by atoms with Gasteiger partial charge in [0.25, 0.3) is 8.32 Å². The lowest BCUT2D eigenvalue weighted by atomic mass is 10.0. The number of ether oxygens (including phenoxy) is 2. The molecule has 0 saturated carbocycles. The Hall–Kier alpha value is -3.97. The van der Waals surface area contributed by atoms with Crippen molar-refractivity contribution in [2.45, 2.75) is 89.7 Å². The van der Waals surface area contributed by atoms with E-state index in [9.17, 15) is 4.79 Å². The van der Waals surface area contributed by atoms with E-state index in [0.29, 0.717) is 13.0 Å². The van der Waals surface area contributed by atoms with Gasteiger partial charge in [0.2, 0.25) is 5.91 Å². The average molecular weight is 662 g/mol. The first-order valence-corrected chi connectivity index (χ1v) is 19.2. The van der Waals surface area contributed by atoms with E-state index < -0.39 is 8.32 Å². The molecule has 1 heterocycles. The Morgan fingerprint density at radius 2 is 1.48 bits per heavy atom. The Balaban J connectivity index is 1.40. The van der Waals surface area contributed by atoms with Crippen LogP contribution in [0.25, 0.3) is 0 Å². The summed E-state index contributed by atoms with van der Waals surface area (Å²) in [6.07, 6.45) is 6.16. The normalized spacial score (nSPS) is 17.4. The fourth-order valence-corrected chi connectivity index (χ4v) is 11.7. The van der Waals surface area contributed by atoms with Crippen LogP contribution in [0.15, 0.2) is 122 Å². The van der Waals surface area contributed by atoms with Crippen LogP contribution in [-0.4, -0.2) is 33.5 Å². The topological polar surface area (TPSA) is 48.0 Å². The van der Waals surface area contributed by atoms with E-state index >= 15 is 0 Å². The van der Waals surface area contributed by atoms with Crippen molar-refractivity contribution in [3.8, 4) is 5.75 Å². The number of hydrogen-bond donors (Lipinski definition) is 0. The minimum absolute atomic E-state index is 0.0385. The molecule has 1 amide bonds. The molecule has 6 heteroatoms. The third kappa shape index (κ3) is 7.67. The summed E-state index contributed by atoms with van der Waals surface area (Å²) in [6, 6.07) is 37.3. The predicted molar refractivity (Wildman–Crippen MR) is 200 cm³/mol. The molecule has 0 aromatic heterocycles. The molecule has 48 heavy (non-hydrogen) atoms.